The van der Waals surface area contributed by atoms with Gasteiger partial charge in [0.2, 0.25) is 0 Å². The Kier molecular flexibility index (Phi) is 5.17. The lowest BCUT2D eigenvalue weighted by Gasteiger charge is -1.88. The lowest BCUT2D eigenvalue weighted by atomic mass is 10.2. The van der Waals surface area contributed by atoms with Crippen LogP contribution >= 0.6 is 23.2 Å². The number of halogens is 5. The molecule has 0 bridgehead atoms. The van der Waals surface area contributed by atoms with E-state index in [-0.39, 0.29) is 0 Å². The van der Waals surface area contributed by atoms with Crippen molar-refractivity contribution in [3.63, 3.8) is 0 Å². The van der Waals surface area contributed by atoms with Crippen LogP contribution in [0.5, 0.6) is 0 Å². The zero-order valence-electron chi connectivity index (χ0n) is 6.61. The van der Waals surface area contributed by atoms with E-state index in [1.54, 1.807) is 0 Å². The molecule has 0 spiro atoms. The first-order chi connectivity index (χ1) is 5.79. The first kappa shape index (κ1) is 12.6. The highest BCUT2D eigenvalue weighted by Gasteiger charge is 2.16. The van der Waals surface area contributed by atoms with Gasteiger partial charge in [-0.2, -0.15) is 0 Å². The molecule has 76 valence electrons. The summed E-state index contributed by atoms with van der Waals surface area (Å²) in [6, 6.07) is 7.75. The highest BCUT2D eigenvalue weighted by molar-refractivity contribution is 8.16. The van der Waals surface area contributed by atoms with E-state index >= 15 is 0 Å². The molecule has 0 aliphatic rings. The van der Waals surface area contributed by atoms with Crippen LogP contribution in [0.25, 0.3) is 0 Å². The summed E-state index contributed by atoms with van der Waals surface area (Å²) in [5.74, 6) is 0. The van der Waals surface area contributed by atoms with E-state index < -0.39 is 11.6 Å². The van der Waals surface area contributed by atoms with Crippen LogP contribution in [-0.4, -0.2) is 0 Å². The predicted octanol–water partition coefficient (Wildman–Crippen LogP) is 4.98. The van der Waals surface area contributed by atoms with E-state index in [1.165, 1.54) is 5.56 Å². The molecule has 0 atom stereocenters. The third-order valence-corrected chi connectivity index (χ3v) is 1.26. The van der Waals surface area contributed by atoms with Gasteiger partial charge in [0.05, 0.1) is 0 Å². The van der Waals surface area contributed by atoms with Gasteiger partial charge in [0, 0.05) is 5.02 Å². The van der Waals surface area contributed by atoms with Gasteiger partial charge in [0.25, 0.3) is 0 Å². The summed E-state index contributed by atoms with van der Waals surface area (Å²) in [5, 5.41) is 0.801. The summed E-state index contributed by atoms with van der Waals surface area (Å²) in [6.45, 7) is 2.04. The minimum atomic E-state index is -6.17. The van der Waals surface area contributed by atoms with Crippen molar-refractivity contribution in [2.24, 2.45) is 0 Å². The van der Waals surface area contributed by atoms with Crippen LogP contribution in [0.3, 0.4) is 0 Å². The second kappa shape index (κ2) is 5.34. The standard InChI is InChI=1S/C7H7Cl.F4S/c1-6-2-4-7(8)5-3-6;1-5(2,3)4/h2-5H,1H3;. The summed E-state index contributed by atoms with van der Waals surface area (Å²) >= 11 is -0.555. The second-order valence-electron chi connectivity index (χ2n) is 2.15. The lowest BCUT2D eigenvalue weighted by molar-refractivity contribution is 0.543. The molecule has 1 aromatic rings. The van der Waals surface area contributed by atoms with Crippen molar-refractivity contribution in [1.29, 1.82) is 0 Å². The third-order valence-electron chi connectivity index (χ3n) is 1.01. The molecular weight excluding hydrogens is 228 g/mol. The van der Waals surface area contributed by atoms with Gasteiger partial charge < -0.3 is 0 Å². The van der Waals surface area contributed by atoms with Crippen molar-refractivity contribution in [1.82, 2.24) is 0 Å². The van der Waals surface area contributed by atoms with Gasteiger partial charge in [-0.25, -0.2) is 0 Å². The summed E-state index contributed by atoms with van der Waals surface area (Å²) in [7, 11) is 0. The number of benzene rings is 1. The third kappa shape index (κ3) is 11.6. The normalized spacial score (nSPS) is 11.5. The highest BCUT2D eigenvalue weighted by Crippen LogP contribution is 2.54. The molecule has 0 aliphatic heterocycles. The molecule has 0 saturated carbocycles. The Balaban J connectivity index is 0.000000252. The number of rotatable bonds is 0. The second-order valence-corrected chi connectivity index (χ2v) is 3.28. The van der Waals surface area contributed by atoms with Crippen LogP contribution in [0, 0.1) is 6.92 Å². The van der Waals surface area contributed by atoms with Gasteiger partial charge in [-0.3, -0.25) is 0 Å². The molecule has 0 radical (unpaired) electrons. The Hall–Kier alpha value is -0.420. The zero-order chi connectivity index (χ0) is 10.5. The topological polar surface area (TPSA) is 0 Å². The van der Waals surface area contributed by atoms with Gasteiger partial charge in [0.1, 0.15) is 0 Å². The average molecular weight is 235 g/mol. The molecular formula is C7H7ClF4S. The zero-order valence-corrected chi connectivity index (χ0v) is 8.18. The van der Waals surface area contributed by atoms with Crippen LogP contribution in [0.1, 0.15) is 5.56 Å². The van der Waals surface area contributed by atoms with Crippen LogP contribution in [-0.2, 0) is 0 Å². The minimum Gasteiger partial charge on any atom is -0.0947 e. The molecule has 0 aliphatic carbocycles. The van der Waals surface area contributed by atoms with Crippen molar-refractivity contribution >= 4 is 23.2 Å². The van der Waals surface area contributed by atoms with E-state index in [4.69, 9.17) is 11.6 Å². The van der Waals surface area contributed by atoms with E-state index in [1.807, 2.05) is 31.2 Å². The monoisotopic (exact) mass is 234 g/mol. The van der Waals surface area contributed by atoms with Crippen molar-refractivity contribution in [2.75, 3.05) is 0 Å². The Labute approximate surface area is 81.0 Å². The molecule has 0 fully saturated rings. The van der Waals surface area contributed by atoms with Gasteiger partial charge in [-0.05, 0) is 19.1 Å². The van der Waals surface area contributed by atoms with E-state index in [0.717, 1.165) is 5.02 Å². The van der Waals surface area contributed by atoms with Crippen LogP contribution in [0.4, 0.5) is 15.5 Å². The summed E-state index contributed by atoms with van der Waals surface area (Å²) in [5.41, 5.74) is 1.24. The molecule has 13 heavy (non-hydrogen) atoms. The number of hydrogen-bond acceptors (Lipinski definition) is 0. The van der Waals surface area contributed by atoms with Gasteiger partial charge >= 0.3 is 11.6 Å². The fourth-order valence-corrected chi connectivity index (χ4v) is 0.659. The van der Waals surface area contributed by atoms with Gasteiger partial charge in [-0.15, -0.1) is 0 Å². The van der Waals surface area contributed by atoms with E-state index in [0.29, 0.717) is 0 Å². The molecule has 0 aromatic heterocycles. The maximum Gasteiger partial charge on any atom is 0.379 e. The lowest BCUT2D eigenvalue weighted by Crippen LogP contribution is -1.66. The number of hydrogen-bond donors (Lipinski definition) is 0. The molecule has 0 nitrogen and oxygen atoms in total. The van der Waals surface area contributed by atoms with E-state index in [9.17, 15) is 15.5 Å². The molecule has 1 rings (SSSR count). The number of aryl methyl sites for hydroxylation is 1. The molecule has 0 heterocycles. The SMILES string of the molecule is Cc1ccc(Cl)cc1.FS(F)(F)F. The molecule has 0 unspecified atom stereocenters. The van der Waals surface area contributed by atoms with Crippen LogP contribution in [0.15, 0.2) is 24.3 Å². The summed E-state index contributed by atoms with van der Waals surface area (Å²) in [6.07, 6.45) is 0. The first-order valence-electron chi connectivity index (χ1n) is 3.13. The largest absolute Gasteiger partial charge is 0.379 e. The summed E-state index contributed by atoms with van der Waals surface area (Å²) < 4.78 is 39.1. The summed E-state index contributed by atoms with van der Waals surface area (Å²) in [4.78, 5) is 0. The maximum absolute atomic E-state index is 9.77. The average Bonchev–Trinajstić information content (AvgIpc) is 1.92. The maximum atomic E-state index is 9.77. The smallest absolute Gasteiger partial charge is 0.0947 e. The fraction of sp³-hybridized carbons (Fsp3) is 0.143. The molecule has 6 heteroatoms. The predicted molar refractivity (Wildman–Crippen MR) is 48.2 cm³/mol. The van der Waals surface area contributed by atoms with Crippen molar-refractivity contribution in [2.45, 2.75) is 6.92 Å². The molecule has 0 saturated heterocycles. The molecule has 0 N–H and O–H groups in total. The van der Waals surface area contributed by atoms with E-state index in [2.05, 4.69) is 0 Å². The fourth-order valence-electron chi connectivity index (χ4n) is 0.533. The molecule has 1 aromatic carbocycles. The van der Waals surface area contributed by atoms with Crippen LogP contribution < -0.4 is 0 Å². The van der Waals surface area contributed by atoms with Crippen LogP contribution in [0.2, 0.25) is 5.02 Å². The Morgan fingerprint density at radius 2 is 1.31 bits per heavy atom. The van der Waals surface area contributed by atoms with Gasteiger partial charge in [0.15, 0.2) is 0 Å². The Morgan fingerprint density at radius 1 is 1.00 bits per heavy atom. The quantitative estimate of drug-likeness (QED) is 0.556. The highest BCUT2D eigenvalue weighted by atomic mass is 35.5. The Bertz CT molecular complexity index is 217. The van der Waals surface area contributed by atoms with Crippen molar-refractivity contribution in [3.8, 4) is 0 Å². The van der Waals surface area contributed by atoms with Crippen molar-refractivity contribution < 1.29 is 15.5 Å². The first-order valence-corrected chi connectivity index (χ1v) is 4.74. The molecule has 0 amide bonds. The Morgan fingerprint density at radius 3 is 1.54 bits per heavy atom. The van der Waals surface area contributed by atoms with Crippen molar-refractivity contribution in [3.05, 3.63) is 34.9 Å². The minimum absolute atomic E-state index is 0.801. The van der Waals surface area contributed by atoms with Gasteiger partial charge in [-0.1, -0.05) is 44.8 Å².